The average molecular weight is 182 g/mol. The van der Waals surface area contributed by atoms with Crippen molar-refractivity contribution in [3.05, 3.63) is 17.0 Å². The molecule has 0 saturated heterocycles. The highest BCUT2D eigenvalue weighted by molar-refractivity contribution is 7.13. The predicted molar refractivity (Wildman–Crippen MR) is 48.0 cm³/mol. The van der Waals surface area contributed by atoms with Gasteiger partial charge in [-0.3, -0.25) is 0 Å². The molecule has 1 atom stereocenters. The third kappa shape index (κ3) is 1.97. The monoisotopic (exact) mass is 182 g/mol. The highest BCUT2D eigenvalue weighted by atomic mass is 32.1. The smallest absolute Gasteiger partial charge is 0.173 e. The van der Waals surface area contributed by atoms with E-state index in [1.54, 1.807) is 7.11 Å². The van der Waals surface area contributed by atoms with Crippen LogP contribution in [0.25, 0.3) is 0 Å². The Morgan fingerprint density at radius 1 is 1.75 bits per heavy atom. The topological polar surface area (TPSA) is 59.0 Å². The van der Waals surface area contributed by atoms with Gasteiger partial charge in [-0.05, 0) is 12.1 Å². The fourth-order valence-electron chi connectivity index (χ4n) is 0.842. The molecule has 0 saturated carbocycles. The Hall–Kier alpha value is -1.05. The van der Waals surface area contributed by atoms with E-state index in [9.17, 15) is 0 Å². The lowest BCUT2D eigenvalue weighted by molar-refractivity contribution is 0.427. The summed E-state index contributed by atoms with van der Waals surface area (Å²) in [6.45, 7) is 0. The summed E-state index contributed by atoms with van der Waals surface area (Å²) in [5.41, 5.74) is 5.71. The van der Waals surface area contributed by atoms with E-state index in [-0.39, 0.29) is 6.04 Å². The Morgan fingerprint density at radius 2 is 2.50 bits per heavy atom. The summed E-state index contributed by atoms with van der Waals surface area (Å²) in [5, 5.41) is 9.24. The van der Waals surface area contributed by atoms with Crippen molar-refractivity contribution < 1.29 is 4.74 Å². The Labute approximate surface area is 75.4 Å². The maximum absolute atomic E-state index is 8.41. The molecule has 0 bridgehead atoms. The lowest BCUT2D eigenvalue weighted by Gasteiger charge is -2.01. The lowest BCUT2D eigenvalue weighted by atomic mass is 10.2. The van der Waals surface area contributed by atoms with Gasteiger partial charge in [-0.2, -0.15) is 5.26 Å². The second-order valence-electron chi connectivity index (χ2n) is 2.33. The lowest BCUT2D eigenvalue weighted by Crippen LogP contribution is -2.06. The van der Waals surface area contributed by atoms with Crippen LogP contribution in [0, 0.1) is 11.3 Å². The van der Waals surface area contributed by atoms with Crippen LogP contribution in [0.1, 0.15) is 17.3 Å². The third-order valence-electron chi connectivity index (χ3n) is 1.48. The van der Waals surface area contributed by atoms with Crippen molar-refractivity contribution >= 4 is 11.3 Å². The molecule has 0 aromatic carbocycles. The third-order valence-corrected chi connectivity index (χ3v) is 2.66. The summed E-state index contributed by atoms with van der Waals surface area (Å²) in [6, 6.07) is 5.61. The minimum Gasteiger partial charge on any atom is -0.487 e. The van der Waals surface area contributed by atoms with Gasteiger partial charge < -0.3 is 10.5 Å². The molecule has 0 unspecified atom stereocenters. The van der Waals surface area contributed by atoms with Gasteiger partial charge in [0.25, 0.3) is 0 Å². The molecular weight excluding hydrogens is 172 g/mol. The van der Waals surface area contributed by atoms with Crippen molar-refractivity contribution in [2.45, 2.75) is 12.5 Å². The van der Waals surface area contributed by atoms with E-state index in [0.29, 0.717) is 6.42 Å². The molecule has 1 heterocycles. The van der Waals surface area contributed by atoms with Crippen LogP contribution in [-0.4, -0.2) is 7.11 Å². The van der Waals surface area contributed by atoms with Gasteiger partial charge in [0, 0.05) is 4.88 Å². The molecule has 1 aromatic rings. The second kappa shape index (κ2) is 4.10. The molecule has 0 aliphatic carbocycles. The van der Waals surface area contributed by atoms with E-state index < -0.39 is 0 Å². The maximum atomic E-state index is 8.41. The average Bonchev–Trinajstić information content (AvgIpc) is 2.52. The number of hydrogen-bond acceptors (Lipinski definition) is 4. The molecule has 0 amide bonds. The minimum absolute atomic E-state index is 0.177. The Bertz CT molecular complexity index is 289. The van der Waals surface area contributed by atoms with E-state index in [0.717, 1.165) is 9.94 Å². The van der Waals surface area contributed by atoms with Crippen molar-refractivity contribution in [1.82, 2.24) is 0 Å². The number of ether oxygens (including phenoxy) is 1. The molecule has 0 spiro atoms. The fourth-order valence-corrected chi connectivity index (χ4v) is 1.66. The second-order valence-corrected chi connectivity index (χ2v) is 3.41. The zero-order valence-electron chi connectivity index (χ0n) is 6.78. The van der Waals surface area contributed by atoms with E-state index in [1.807, 2.05) is 18.2 Å². The van der Waals surface area contributed by atoms with Crippen molar-refractivity contribution in [3.8, 4) is 11.1 Å². The van der Waals surface area contributed by atoms with Crippen LogP contribution < -0.4 is 10.5 Å². The predicted octanol–water partition coefficient (Wildman–Crippen LogP) is 1.67. The quantitative estimate of drug-likeness (QED) is 0.773. The van der Waals surface area contributed by atoms with Crippen LogP contribution in [0.5, 0.6) is 5.06 Å². The van der Waals surface area contributed by atoms with Gasteiger partial charge in [0.1, 0.15) is 0 Å². The zero-order chi connectivity index (χ0) is 8.97. The Balaban J connectivity index is 2.69. The van der Waals surface area contributed by atoms with Crippen molar-refractivity contribution in [1.29, 1.82) is 5.26 Å². The maximum Gasteiger partial charge on any atom is 0.173 e. The molecule has 64 valence electrons. The molecule has 0 radical (unpaired) electrons. The molecule has 12 heavy (non-hydrogen) atoms. The highest BCUT2D eigenvalue weighted by Crippen LogP contribution is 2.28. The molecule has 1 rings (SSSR count). The molecular formula is C8H10N2OS. The van der Waals surface area contributed by atoms with Crippen LogP contribution >= 0.6 is 11.3 Å². The summed E-state index contributed by atoms with van der Waals surface area (Å²) in [4.78, 5) is 0.994. The minimum atomic E-state index is -0.177. The number of nitrogens with two attached hydrogens (primary N) is 1. The molecule has 1 aromatic heterocycles. The number of hydrogen-bond donors (Lipinski definition) is 1. The number of nitriles is 1. The van der Waals surface area contributed by atoms with E-state index in [4.69, 9.17) is 15.7 Å². The molecule has 3 nitrogen and oxygen atoms in total. The number of nitrogens with zero attached hydrogens (tertiary/aromatic N) is 1. The highest BCUT2D eigenvalue weighted by Gasteiger charge is 2.08. The largest absolute Gasteiger partial charge is 0.487 e. The first-order valence-electron chi connectivity index (χ1n) is 3.54. The van der Waals surface area contributed by atoms with E-state index >= 15 is 0 Å². The number of methoxy groups -OCH3 is 1. The fraction of sp³-hybridized carbons (Fsp3) is 0.375. The van der Waals surface area contributed by atoms with Gasteiger partial charge in [-0.15, -0.1) is 11.3 Å². The van der Waals surface area contributed by atoms with Gasteiger partial charge in [0.15, 0.2) is 5.06 Å². The summed E-state index contributed by atoms with van der Waals surface area (Å²) in [7, 11) is 1.62. The molecule has 0 fully saturated rings. The van der Waals surface area contributed by atoms with Crippen molar-refractivity contribution in [2.75, 3.05) is 7.11 Å². The molecule has 2 N–H and O–H groups in total. The van der Waals surface area contributed by atoms with E-state index in [1.165, 1.54) is 11.3 Å². The summed E-state index contributed by atoms with van der Waals surface area (Å²) in [5.74, 6) is 0. The SMILES string of the molecule is COc1ccc([C@@H](N)CC#N)s1. The first-order valence-corrected chi connectivity index (χ1v) is 4.36. The Morgan fingerprint density at radius 3 is 3.00 bits per heavy atom. The normalized spacial score (nSPS) is 12.1. The summed E-state index contributed by atoms with van der Waals surface area (Å²) < 4.78 is 5.00. The van der Waals surface area contributed by atoms with Crippen LogP contribution in [0.4, 0.5) is 0 Å². The standard InChI is InChI=1S/C8H10N2OS/c1-11-8-3-2-7(12-8)6(10)4-5-9/h2-3,6H,4,10H2,1H3/t6-/m0/s1. The molecule has 0 aliphatic heterocycles. The first-order chi connectivity index (χ1) is 5.77. The van der Waals surface area contributed by atoms with Crippen LogP contribution in [-0.2, 0) is 0 Å². The van der Waals surface area contributed by atoms with Crippen molar-refractivity contribution in [2.24, 2.45) is 5.73 Å². The zero-order valence-corrected chi connectivity index (χ0v) is 7.60. The van der Waals surface area contributed by atoms with Gasteiger partial charge in [-0.1, -0.05) is 0 Å². The molecule has 0 aliphatic rings. The Kier molecular flexibility index (Phi) is 3.09. The summed E-state index contributed by atoms with van der Waals surface area (Å²) >= 11 is 1.48. The van der Waals surface area contributed by atoms with Crippen LogP contribution in [0.2, 0.25) is 0 Å². The van der Waals surface area contributed by atoms with Gasteiger partial charge in [0.2, 0.25) is 0 Å². The van der Waals surface area contributed by atoms with Gasteiger partial charge in [0.05, 0.1) is 25.6 Å². The number of thiophene rings is 1. The van der Waals surface area contributed by atoms with Gasteiger partial charge in [-0.25, -0.2) is 0 Å². The van der Waals surface area contributed by atoms with Crippen LogP contribution in [0.15, 0.2) is 12.1 Å². The first kappa shape index (κ1) is 9.04. The van der Waals surface area contributed by atoms with Crippen LogP contribution in [0.3, 0.4) is 0 Å². The number of rotatable bonds is 3. The van der Waals surface area contributed by atoms with E-state index in [2.05, 4.69) is 0 Å². The van der Waals surface area contributed by atoms with Crippen molar-refractivity contribution in [3.63, 3.8) is 0 Å². The molecule has 4 heteroatoms. The summed E-state index contributed by atoms with van der Waals surface area (Å²) in [6.07, 6.45) is 0.351. The van der Waals surface area contributed by atoms with Gasteiger partial charge >= 0.3 is 0 Å².